The molecule has 0 fully saturated rings. The molecule has 0 saturated carbocycles. The Bertz CT molecular complexity index is 1480. The van der Waals surface area contributed by atoms with E-state index >= 15 is 0 Å². The minimum absolute atomic E-state index is 0.0256. The molecule has 1 N–H and O–H groups in total. The third-order valence-corrected chi connectivity index (χ3v) is 7.54. The van der Waals surface area contributed by atoms with Gasteiger partial charge in [0.15, 0.2) is 0 Å². The van der Waals surface area contributed by atoms with Crippen molar-refractivity contribution in [2.75, 3.05) is 13.2 Å². The van der Waals surface area contributed by atoms with Crippen LogP contribution in [0.1, 0.15) is 56.2 Å². The number of carbonyl (C=O) groups excluding carboxylic acids is 2. The van der Waals surface area contributed by atoms with Crippen LogP contribution < -0.4 is 4.74 Å². The molecule has 0 radical (unpaired) electrons. The average Bonchev–Trinajstić information content (AvgIpc) is 3.28. The van der Waals surface area contributed by atoms with E-state index in [1.54, 1.807) is 19.1 Å². The molecule has 5 rings (SSSR count). The molecule has 3 heterocycles. The molecule has 41 heavy (non-hydrogen) atoms. The standard InChI is InChI=1S/C27H24ClF5N4O4/c1-14-8-22-19(12-36(14)24(39)16-4-7-20(21(28)9-16)27(31,32)33)23-25(40)35(11-17(13-38)37(23)34-22)10-15-2-5-18(6-3-15)41-26(29)30/h2-7,9,14,17,26,38H,8,10-13H2,1H3/t14-,17+/m1/s1. The normalized spacial score (nSPS) is 18.9. The lowest BCUT2D eigenvalue weighted by molar-refractivity contribution is -0.137. The number of alkyl halides is 5. The van der Waals surface area contributed by atoms with Gasteiger partial charge in [-0.15, -0.1) is 0 Å². The Labute approximate surface area is 235 Å². The van der Waals surface area contributed by atoms with Crippen LogP contribution in [0.25, 0.3) is 0 Å². The minimum Gasteiger partial charge on any atom is -0.435 e. The molecule has 2 amide bonds. The third-order valence-electron chi connectivity index (χ3n) is 7.22. The predicted octanol–water partition coefficient (Wildman–Crippen LogP) is 4.93. The minimum atomic E-state index is -4.67. The van der Waals surface area contributed by atoms with Crippen molar-refractivity contribution in [2.45, 2.75) is 51.3 Å². The van der Waals surface area contributed by atoms with Crippen molar-refractivity contribution < 1.29 is 41.4 Å². The summed E-state index contributed by atoms with van der Waals surface area (Å²) in [6.07, 6.45) is -4.38. The summed E-state index contributed by atoms with van der Waals surface area (Å²) in [6.45, 7) is -1.29. The lowest BCUT2D eigenvalue weighted by Crippen LogP contribution is -2.45. The number of aliphatic hydroxyl groups is 1. The van der Waals surface area contributed by atoms with Gasteiger partial charge in [-0.05, 0) is 42.8 Å². The Morgan fingerprint density at radius 2 is 1.90 bits per heavy atom. The fraction of sp³-hybridized carbons (Fsp3) is 0.370. The fourth-order valence-electron chi connectivity index (χ4n) is 5.20. The molecule has 2 atom stereocenters. The van der Waals surface area contributed by atoms with Crippen LogP contribution in [0.3, 0.4) is 0 Å². The molecule has 0 bridgehead atoms. The van der Waals surface area contributed by atoms with Gasteiger partial charge in [0.2, 0.25) is 0 Å². The van der Waals surface area contributed by atoms with Crippen molar-refractivity contribution in [3.8, 4) is 5.75 Å². The van der Waals surface area contributed by atoms with E-state index in [-0.39, 0.29) is 55.7 Å². The number of benzene rings is 2. The first-order valence-corrected chi connectivity index (χ1v) is 13.0. The molecule has 3 aromatic rings. The van der Waals surface area contributed by atoms with Crippen molar-refractivity contribution in [3.63, 3.8) is 0 Å². The Morgan fingerprint density at radius 3 is 2.51 bits per heavy atom. The number of halogens is 6. The molecule has 0 saturated heterocycles. The van der Waals surface area contributed by atoms with Crippen LogP contribution in [-0.4, -0.2) is 62.3 Å². The molecule has 2 aliphatic heterocycles. The van der Waals surface area contributed by atoms with Crippen LogP contribution in [0.15, 0.2) is 42.5 Å². The van der Waals surface area contributed by atoms with Crippen LogP contribution in [0.5, 0.6) is 5.75 Å². The first-order valence-electron chi connectivity index (χ1n) is 12.6. The average molecular weight is 599 g/mol. The molecule has 1 aromatic heterocycles. The summed E-state index contributed by atoms with van der Waals surface area (Å²) in [5, 5.41) is 14.1. The second kappa shape index (κ2) is 10.9. The quantitative estimate of drug-likeness (QED) is 0.407. The maximum atomic E-state index is 13.7. The molecule has 2 aromatic carbocycles. The lowest BCUT2D eigenvalue weighted by atomic mass is 9.97. The number of rotatable bonds is 6. The highest BCUT2D eigenvalue weighted by molar-refractivity contribution is 6.31. The summed E-state index contributed by atoms with van der Waals surface area (Å²) in [5.74, 6) is -0.971. The molecule has 218 valence electrons. The smallest absolute Gasteiger partial charge is 0.417 e. The monoisotopic (exact) mass is 598 g/mol. The largest absolute Gasteiger partial charge is 0.435 e. The first kappa shape index (κ1) is 28.8. The van der Waals surface area contributed by atoms with Gasteiger partial charge in [-0.1, -0.05) is 23.7 Å². The maximum absolute atomic E-state index is 13.7. The highest BCUT2D eigenvalue weighted by atomic mass is 35.5. The second-order valence-electron chi connectivity index (χ2n) is 9.94. The van der Waals surface area contributed by atoms with Crippen molar-refractivity contribution in [2.24, 2.45) is 0 Å². The Hall–Kier alpha value is -3.71. The van der Waals surface area contributed by atoms with Gasteiger partial charge in [-0.25, -0.2) is 0 Å². The SMILES string of the molecule is C[C@@H]1Cc2nn3c(c2CN1C(=O)c1ccc(C(F)(F)F)c(Cl)c1)C(=O)N(Cc1ccc(OC(F)F)cc1)C[C@H]3CO. The predicted molar refractivity (Wildman–Crippen MR) is 136 cm³/mol. The van der Waals surface area contributed by atoms with E-state index in [1.807, 2.05) is 0 Å². The molecular weight excluding hydrogens is 575 g/mol. The third kappa shape index (κ3) is 5.60. The van der Waals surface area contributed by atoms with Gasteiger partial charge in [-0.3, -0.25) is 14.3 Å². The highest BCUT2D eigenvalue weighted by Crippen LogP contribution is 2.36. The fourth-order valence-corrected chi connectivity index (χ4v) is 5.49. The van der Waals surface area contributed by atoms with Gasteiger partial charge in [0.1, 0.15) is 11.4 Å². The highest BCUT2D eigenvalue weighted by Gasteiger charge is 2.40. The van der Waals surface area contributed by atoms with Crippen molar-refractivity contribution in [1.82, 2.24) is 19.6 Å². The summed E-state index contributed by atoms with van der Waals surface area (Å²) in [6, 6.07) is 7.69. The number of hydrogen-bond acceptors (Lipinski definition) is 5. The summed E-state index contributed by atoms with van der Waals surface area (Å²) in [5.41, 5.74) is 0.848. The zero-order valence-electron chi connectivity index (χ0n) is 21.5. The number of hydrogen-bond donors (Lipinski definition) is 1. The molecule has 2 aliphatic rings. The van der Waals surface area contributed by atoms with Crippen molar-refractivity contribution in [3.05, 3.63) is 81.1 Å². The van der Waals surface area contributed by atoms with E-state index in [0.29, 0.717) is 16.8 Å². The topological polar surface area (TPSA) is 87.9 Å². The Morgan fingerprint density at radius 1 is 1.20 bits per heavy atom. The van der Waals surface area contributed by atoms with Gasteiger partial charge in [0.05, 0.1) is 35.5 Å². The van der Waals surface area contributed by atoms with E-state index in [4.69, 9.17) is 11.6 Å². The van der Waals surface area contributed by atoms with Crippen LogP contribution in [0.4, 0.5) is 22.0 Å². The number of aromatic nitrogens is 2. The Balaban J connectivity index is 1.41. The molecule has 0 unspecified atom stereocenters. The summed E-state index contributed by atoms with van der Waals surface area (Å²) >= 11 is 5.84. The maximum Gasteiger partial charge on any atom is 0.417 e. The van der Waals surface area contributed by atoms with Crippen LogP contribution >= 0.6 is 11.6 Å². The summed E-state index contributed by atoms with van der Waals surface area (Å²) < 4.78 is 70.2. The lowest BCUT2D eigenvalue weighted by Gasteiger charge is -2.35. The van der Waals surface area contributed by atoms with Gasteiger partial charge < -0.3 is 19.6 Å². The molecule has 0 aliphatic carbocycles. The second-order valence-corrected chi connectivity index (χ2v) is 10.3. The number of fused-ring (bicyclic) bond motifs is 3. The number of aliphatic hydroxyl groups excluding tert-OH is 1. The van der Waals surface area contributed by atoms with E-state index in [0.717, 1.165) is 18.2 Å². The number of ether oxygens (including phenoxy) is 1. The zero-order valence-corrected chi connectivity index (χ0v) is 22.3. The molecule has 14 heteroatoms. The van der Waals surface area contributed by atoms with Gasteiger partial charge >= 0.3 is 12.8 Å². The van der Waals surface area contributed by atoms with Crippen LogP contribution in [0, 0.1) is 0 Å². The Kier molecular flexibility index (Phi) is 7.68. The number of carbonyl (C=O) groups is 2. The van der Waals surface area contributed by atoms with Crippen LogP contribution in [0.2, 0.25) is 5.02 Å². The molecule has 0 spiro atoms. The van der Waals surface area contributed by atoms with Crippen molar-refractivity contribution >= 4 is 23.4 Å². The summed E-state index contributed by atoms with van der Waals surface area (Å²) in [4.78, 5) is 30.0. The van der Waals surface area contributed by atoms with Crippen LogP contribution in [-0.2, 0) is 25.7 Å². The van der Waals surface area contributed by atoms with E-state index in [2.05, 4.69) is 9.84 Å². The molecular formula is C27H24ClF5N4O4. The number of nitrogens with zero attached hydrogens (tertiary/aromatic N) is 4. The first-order chi connectivity index (χ1) is 19.4. The van der Waals surface area contributed by atoms with Crippen molar-refractivity contribution in [1.29, 1.82) is 0 Å². The van der Waals surface area contributed by atoms with Gasteiger partial charge in [0.25, 0.3) is 11.8 Å². The van der Waals surface area contributed by atoms with E-state index in [1.165, 1.54) is 26.6 Å². The van der Waals surface area contributed by atoms with Gasteiger partial charge in [-0.2, -0.15) is 27.1 Å². The van der Waals surface area contributed by atoms with Gasteiger partial charge in [0, 0.05) is 36.7 Å². The summed E-state index contributed by atoms with van der Waals surface area (Å²) in [7, 11) is 0. The zero-order chi connectivity index (χ0) is 29.6. The van der Waals surface area contributed by atoms with E-state index in [9.17, 15) is 36.6 Å². The number of amides is 2. The molecule has 8 nitrogen and oxygen atoms in total. The van der Waals surface area contributed by atoms with E-state index < -0.39 is 41.2 Å².